The van der Waals surface area contributed by atoms with E-state index in [0.29, 0.717) is 23.0 Å². The largest absolute Gasteiger partial charge is 0.481 e. The monoisotopic (exact) mass is 616 g/mol. The fraction of sp³-hybridized carbons (Fsp3) is 0.320. The normalized spacial score (nSPS) is 14.7. The van der Waals surface area contributed by atoms with Gasteiger partial charge in [0.05, 0.1) is 24.3 Å². The van der Waals surface area contributed by atoms with Crippen molar-refractivity contribution in [3.8, 4) is 0 Å². The Bertz CT molecular complexity index is 1560. The van der Waals surface area contributed by atoms with Crippen molar-refractivity contribution in [2.24, 2.45) is 0 Å². The Hall–Kier alpha value is -5.26. The lowest BCUT2D eigenvalue weighted by Crippen LogP contribution is -2.41. The van der Waals surface area contributed by atoms with Crippen LogP contribution in [0.25, 0.3) is 11.2 Å². The molecule has 4 rings (SSSR count). The summed E-state index contributed by atoms with van der Waals surface area (Å²) in [6, 6.07) is 4.25. The van der Waals surface area contributed by atoms with E-state index in [1.165, 1.54) is 41.9 Å². The number of anilines is 2. The number of aromatic nitrogens is 4. The Kier molecular flexibility index (Phi) is 10.9. The summed E-state index contributed by atoms with van der Waals surface area (Å²) in [5, 5.41) is 31.8. The number of nitrogens with one attached hydrogen (secondary N) is 3. The van der Waals surface area contributed by atoms with E-state index in [0.717, 1.165) is 0 Å². The molecule has 0 saturated carbocycles. The summed E-state index contributed by atoms with van der Waals surface area (Å²) in [6.07, 6.45) is 0.840. The molecule has 0 radical (unpaired) electrons. The Morgan fingerprint density at radius 3 is 2.42 bits per heavy atom. The van der Waals surface area contributed by atoms with Gasteiger partial charge < -0.3 is 36.6 Å². The van der Waals surface area contributed by atoms with Crippen LogP contribution in [0.3, 0.4) is 0 Å². The minimum absolute atomic E-state index is 0.0524. The Labute approximate surface area is 246 Å². The van der Waals surface area contributed by atoms with Crippen LogP contribution in [-0.2, 0) is 25.7 Å². The smallest absolute Gasteiger partial charge is 0.327 e. The Balaban J connectivity index is 0.000000386. The van der Waals surface area contributed by atoms with E-state index in [-0.39, 0.29) is 48.0 Å². The third-order valence-electron chi connectivity index (χ3n) is 5.93. The standard InChI is InChI=1S/C19H19N7O6.C6H9NO3S/c20-19-25-15-14(17(30)26-19)23-11(8-22-15)7-21-10-3-1-9(2-4-10)16(29)24-12(18(31)32)5-6-13(27)28;1-4(8)7-3-11-2-5(7)6(9)10/h1-4,8,12,21H,5-7H2,(H,24,29)(H,27,28)(H,31,32)(H3,20,22,25,26,30);5H,2-3H2,1H3,(H,9,10)/t12-;5-/m00/s1. The number of nitrogens with zero attached hydrogens (tertiary/aromatic N) is 4. The van der Waals surface area contributed by atoms with Gasteiger partial charge in [0.25, 0.3) is 11.5 Å². The van der Waals surface area contributed by atoms with Crippen LogP contribution in [0.1, 0.15) is 35.8 Å². The van der Waals surface area contributed by atoms with Crippen molar-refractivity contribution in [3.05, 3.63) is 52.1 Å². The van der Waals surface area contributed by atoms with Gasteiger partial charge in [-0.2, -0.15) is 4.98 Å². The van der Waals surface area contributed by atoms with Gasteiger partial charge in [-0.05, 0) is 30.7 Å². The molecule has 1 saturated heterocycles. The third-order valence-corrected chi connectivity index (χ3v) is 6.94. The molecule has 3 aromatic rings. The first kappa shape index (κ1) is 32.3. The number of thioether (sulfide) groups is 1. The molecule has 2 aromatic heterocycles. The summed E-state index contributed by atoms with van der Waals surface area (Å²) in [7, 11) is 0. The Morgan fingerprint density at radius 2 is 1.84 bits per heavy atom. The van der Waals surface area contributed by atoms with Gasteiger partial charge >= 0.3 is 17.9 Å². The molecular formula is C25H28N8O9S. The van der Waals surface area contributed by atoms with E-state index in [1.807, 2.05) is 0 Å². The molecule has 3 heterocycles. The lowest BCUT2D eigenvalue weighted by Gasteiger charge is -2.17. The number of aliphatic carboxylic acids is 3. The van der Waals surface area contributed by atoms with E-state index in [4.69, 9.17) is 21.1 Å². The van der Waals surface area contributed by atoms with Crippen LogP contribution in [-0.4, -0.2) is 93.6 Å². The highest BCUT2D eigenvalue weighted by Crippen LogP contribution is 2.20. The molecule has 0 aliphatic carbocycles. The summed E-state index contributed by atoms with van der Waals surface area (Å²) in [6.45, 7) is 1.62. The molecule has 2 amide bonds. The fourth-order valence-electron chi connectivity index (χ4n) is 3.71. The number of hydrogen-bond donors (Lipinski definition) is 7. The SMILES string of the molecule is CC(=O)N1CSC[C@H]1C(=O)O.Nc1nc2ncc(CNc3ccc(C(=O)N[C@@H](CCC(=O)O)C(=O)O)cc3)nc2c(=O)[nH]1. The molecule has 1 fully saturated rings. The minimum atomic E-state index is -1.31. The summed E-state index contributed by atoms with van der Waals surface area (Å²) in [5.41, 5.74) is 6.47. The molecule has 17 nitrogen and oxygen atoms in total. The zero-order valence-corrected chi connectivity index (χ0v) is 23.5. The second kappa shape index (κ2) is 14.6. The van der Waals surface area contributed by atoms with Crippen LogP contribution in [0, 0.1) is 0 Å². The number of benzene rings is 1. The van der Waals surface area contributed by atoms with Crippen molar-refractivity contribution in [2.45, 2.75) is 38.4 Å². The first-order valence-corrected chi connectivity index (χ1v) is 13.7. The number of amides is 2. The number of carboxylic acids is 3. The number of carbonyl (C=O) groups excluding carboxylic acids is 2. The van der Waals surface area contributed by atoms with E-state index >= 15 is 0 Å². The number of aromatic amines is 1. The summed E-state index contributed by atoms with van der Waals surface area (Å²) >= 11 is 1.47. The predicted molar refractivity (Wildman–Crippen MR) is 153 cm³/mol. The van der Waals surface area contributed by atoms with Crippen molar-refractivity contribution in [2.75, 3.05) is 22.7 Å². The highest BCUT2D eigenvalue weighted by molar-refractivity contribution is 7.99. The van der Waals surface area contributed by atoms with E-state index in [1.54, 1.807) is 12.1 Å². The molecule has 18 heteroatoms. The van der Waals surface area contributed by atoms with Gasteiger partial charge in [0, 0.05) is 30.3 Å². The van der Waals surface area contributed by atoms with Crippen molar-refractivity contribution < 1.29 is 39.3 Å². The Morgan fingerprint density at radius 1 is 1.14 bits per heavy atom. The highest BCUT2D eigenvalue weighted by Gasteiger charge is 2.32. The average molecular weight is 617 g/mol. The van der Waals surface area contributed by atoms with Gasteiger partial charge in [0.1, 0.15) is 12.1 Å². The number of H-pyrrole nitrogens is 1. The molecule has 1 aliphatic heterocycles. The van der Waals surface area contributed by atoms with Gasteiger partial charge in [-0.15, -0.1) is 11.8 Å². The van der Waals surface area contributed by atoms with Gasteiger partial charge in [0.2, 0.25) is 11.9 Å². The molecule has 228 valence electrons. The second-order valence-corrected chi connectivity index (χ2v) is 10.1. The fourth-order valence-corrected chi connectivity index (χ4v) is 4.92. The zero-order chi connectivity index (χ0) is 31.7. The molecule has 1 aliphatic rings. The number of nitrogen functional groups attached to an aromatic ring is 1. The predicted octanol–water partition coefficient (Wildman–Crippen LogP) is -0.0524. The number of fused-ring (bicyclic) bond motifs is 1. The molecule has 0 unspecified atom stereocenters. The van der Waals surface area contributed by atoms with Gasteiger partial charge in [-0.1, -0.05) is 0 Å². The van der Waals surface area contributed by atoms with E-state index < -0.39 is 41.5 Å². The lowest BCUT2D eigenvalue weighted by molar-refractivity contribution is -0.147. The molecular weight excluding hydrogens is 588 g/mol. The molecule has 8 N–H and O–H groups in total. The van der Waals surface area contributed by atoms with Crippen molar-refractivity contribution in [1.82, 2.24) is 30.2 Å². The van der Waals surface area contributed by atoms with Gasteiger partial charge in [-0.25, -0.2) is 19.6 Å². The lowest BCUT2D eigenvalue weighted by atomic mass is 10.1. The number of nitrogens with two attached hydrogens (primary N) is 1. The number of carboxylic acid groups (broad SMARTS) is 3. The molecule has 0 bridgehead atoms. The third kappa shape index (κ3) is 9.12. The first-order chi connectivity index (χ1) is 20.3. The van der Waals surface area contributed by atoms with Crippen LogP contribution in [0.5, 0.6) is 0 Å². The summed E-state index contributed by atoms with van der Waals surface area (Å²) in [4.78, 5) is 83.2. The number of rotatable bonds is 10. The van der Waals surface area contributed by atoms with Gasteiger partial charge in [0.15, 0.2) is 11.2 Å². The van der Waals surface area contributed by atoms with Crippen molar-refractivity contribution >= 4 is 64.3 Å². The maximum Gasteiger partial charge on any atom is 0.327 e. The van der Waals surface area contributed by atoms with Crippen molar-refractivity contribution in [1.29, 1.82) is 0 Å². The van der Waals surface area contributed by atoms with Gasteiger partial charge in [-0.3, -0.25) is 24.2 Å². The van der Waals surface area contributed by atoms with Crippen LogP contribution < -0.4 is 21.9 Å². The number of carbonyl (C=O) groups is 5. The molecule has 1 aromatic carbocycles. The van der Waals surface area contributed by atoms with Crippen LogP contribution in [0.15, 0.2) is 35.3 Å². The van der Waals surface area contributed by atoms with Crippen molar-refractivity contribution in [3.63, 3.8) is 0 Å². The molecule has 0 spiro atoms. The quantitative estimate of drug-likeness (QED) is 0.157. The molecule has 2 atom stereocenters. The summed E-state index contributed by atoms with van der Waals surface area (Å²) < 4.78 is 0. The van der Waals surface area contributed by atoms with E-state index in [9.17, 15) is 28.8 Å². The van der Waals surface area contributed by atoms with Crippen LogP contribution >= 0.6 is 11.8 Å². The first-order valence-electron chi connectivity index (χ1n) is 12.5. The van der Waals surface area contributed by atoms with Crippen LogP contribution in [0.4, 0.5) is 11.6 Å². The average Bonchev–Trinajstić information content (AvgIpc) is 3.46. The summed E-state index contributed by atoms with van der Waals surface area (Å²) in [5.74, 6) is -3.22. The maximum absolute atomic E-state index is 12.3. The second-order valence-electron chi connectivity index (χ2n) is 9.06. The molecule has 43 heavy (non-hydrogen) atoms. The maximum atomic E-state index is 12.3. The van der Waals surface area contributed by atoms with E-state index in [2.05, 4.69) is 30.6 Å². The minimum Gasteiger partial charge on any atom is -0.481 e. The zero-order valence-electron chi connectivity index (χ0n) is 22.6. The number of hydrogen-bond acceptors (Lipinski definition) is 12. The van der Waals surface area contributed by atoms with Crippen LogP contribution in [0.2, 0.25) is 0 Å². The topological polar surface area (TPSA) is 271 Å². The highest BCUT2D eigenvalue weighted by atomic mass is 32.2.